The molecule has 3 aromatic rings. The van der Waals surface area contributed by atoms with Crippen LogP contribution in [0.3, 0.4) is 0 Å². The number of carbonyl (C=O) groups excluding carboxylic acids is 1. The molecule has 35 heavy (non-hydrogen) atoms. The van der Waals surface area contributed by atoms with Gasteiger partial charge in [-0.3, -0.25) is 4.79 Å². The predicted molar refractivity (Wildman–Crippen MR) is 139 cm³/mol. The maximum Gasteiger partial charge on any atom is 0.413 e. The van der Waals surface area contributed by atoms with Crippen LogP contribution in [-0.2, 0) is 20.0 Å². The number of benzene rings is 3. The van der Waals surface area contributed by atoms with Crippen molar-refractivity contribution in [2.75, 3.05) is 25.1 Å². The van der Waals surface area contributed by atoms with Crippen LogP contribution in [-0.4, -0.2) is 30.6 Å². The van der Waals surface area contributed by atoms with Crippen molar-refractivity contribution in [2.24, 2.45) is 0 Å². The van der Waals surface area contributed by atoms with Gasteiger partial charge in [-0.1, -0.05) is 48.0 Å². The highest BCUT2D eigenvalue weighted by Gasteiger charge is 2.43. The minimum Gasteiger partial charge on any atom is -0.493 e. The summed E-state index contributed by atoms with van der Waals surface area (Å²) in [6.45, 7) is 3.55. The maximum absolute atomic E-state index is 13.1. The van der Waals surface area contributed by atoms with E-state index in [4.69, 9.17) is 13.8 Å². The van der Waals surface area contributed by atoms with Gasteiger partial charge >= 0.3 is 7.94 Å². The van der Waals surface area contributed by atoms with Crippen LogP contribution in [0.15, 0.2) is 72.3 Å². The third-order valence-electron chi connectivity index (χ3n) is 6.11. The average molecular weight is 491 g/mol. The number of carbonyl (C=O) groups is 1. The molecule has 0 unspecified atom stereocenters. The van der Waals surface area contributed by atoms with E-state index in [0.717, 1.165) is 34.4 Å². The molecule has 1 fully saturated rings. The number of aryl methyl sites for hydroxylation is 1. The molecule has 7 heteroatoms. The minimum absolute atomic E-state index is 0.153. The Morgan fingerprint density at radius 2 is 1.66 bits per heavy atom. The Morgan fingerprint density at radius 3 is 2.40 bits per heavy atom. The monoisotopic (exact) mass is 490 g/mol. The first kappa shape index (κ1) is 23.7. The normalized spacial score (nSPS) is 16.9. The van der Waals surface area contributed by atoms with Crippen molar-refractivity contribution >= 4 is 25.6 Å². The van der Waals surface area contributed by atoms with Crippen LogP contribution in [0.1, 0.15) is 29.5 Å². The van der Waals surface area contributed by atoms with Crippen LogP contribution in [0.4, 0.5) is 5.69 Å². The van der Waals surface area contributed by atoms with Crippen LogP contribution in [0.2, 0.25) is 0 Å². The molecular weight excluding hydrogens is 461 g/mol. The smallest absolute Gasteiger partial charge is 0.413 e. The van der Waals surface area contributed by atoms with Gasteiger partial charge in [-0.25, -0.2) is 0 Å². The Bertz CT molecular complexity index is 1230. The van der Waals surface area contributed by atoms with Gasteiger partial charge in [0.15, 0.2) is 6.16 Å². The van der Waals surface area contributed by atoms with Gasteiger partial charge in [0.2, 0.25) is 0 Å². The van der Waals surface area contributed by atoms with Gasteiger partial charge in [0, 0.05) is 29.7 Å². The molecule has 0 bridgehead atoms. The summed E-state index contributed by atoms with van der Waals surface area (Å²) in [6, 6.07) is 21.9. The van der Waals surface area contributed by atoms with Crippen LogP contribution in [0.5, 0.6) is 5.75 Å². The van der Waals surface area contributed by atoms with E-state index in [0.29, 0.717) is 43.7 Å². The van der Waals surface area contributed by atoms with E-state index in [1.54, 1.807) is 0 Å². The van der Waals surface area contributed by atoms with Crippen LogP contribution >= 0.6 is 7.94 Å². The topological polar surface area (TPSA) is 77.0 Å². The molecule has 3 aromatic carbocycles. The molecule has 0 aliphatic carbocycles. The van der Waals surface area contributed by atoms with Gasteiger partial charge in [0.1, 0.15) is 5.75 Å². The molecular formula is C28H29NO5P+. The fourth-order valence-electron chi connectivity index (χ4n) is 4.17. The fourth-order valence-corrected chi connectivity index (χ4v) is 5.92. The highest BCUT2D eigenvalue weighted by Crippen LogP contribution is 2.61. The number of amides is 1. The Balaban J connectivity index is 1.30. The second-order valence-electron chi connectivity index (χ2n) is 8.85. The highest BCUT2D eigenvalue weighted by atomic mass is 31.2. The quantitative estimate of drug-likeness (QED) is 0.419. The van der Waals surface area contributed by atoms with Gasteiger partial charge in [-0.15, -0.1) is 0 Å². The molecule has 5 rings (SSSR count). The van der Waals surface area contributed by atoms with Crippen molar-refractivity contribution < 1.29 is 23.5 Å². The van der Waals surface area contributed by atoms with Crippen molar-refractivity contribution in [2.45, 2.75) is 25.9 Å². The van der Waals surface area contributed by atoms with E-state index >= 15 is 0 Å². The van der Waals surface area contributed by atoms with Gasteiger partial charge < -0.3 is 10.1 Å². The largest absolute Gasteiger partial charge is 0.493 e. The molecule has 0 spiro atoms. The molecule has 0 radical (unpaired) electrons. The average Bonchev–Trinajstić information content (AvgIpc) is 3.08. The Morgan fingerprint density at radius 1 is 0.943 bits per heavy atom. The van der Waals surface area contributed by atoms with Crippen LogP contribution in [0.25, 0.3) is 17.2 Å². The number of rotatable bonds is 5. The van der Waals surface area contributed by atoms with Gasteiger partial charge in [-0.05, 0) is 54.0 Å². The third kappa shape index (κ3) is 5.80. The molecule has 0 aromatic heterocycles. The maximum atomic E-state index is 13.1. The minimum atomic E-state index is -2.83. The Labute approximate surface area is 206 Å². The van der Waals surface area contributed by atoms with Crippen molar-refractivity contribution in [3.63, 3.8) is 0 Å². The number of nitrogens with one attached hydrogen (secondary N) is 1. The summed E-state index contributed by atoms with van der Waals surface area (Å²) in [6.07, 6.45) is 3.57. The van der Waals surface area contributed by atoms with E-state index < -0.39 is 7.94 Å². The van der Waals surface area contributed by atoms with Crippen molar-refractivity contribution in [3.05, 3.63) is 89.0 Å². The lowest BCUT2D eigenvalue weighted by Gasteiger charge is -2.21. The standard InChI is InChI=1S/C28H28NO5P/c1-20-3-7-22(8-4-20)23-9-12-27-25(17-23)18-24(13-16-32-27)28(30)29-26-10-5-21(6-11-26)19-35(31)33-14-2-15-34-35/h3-12,17-18,31H,2,13-16,19H2,1H3/p+1. The third-order valence-corrected chi connectivity index (χ3v) is 8.05. The van der Waals surface area contributed by atoms with E-state index in [-0.39, 0.29) is 5.91 Å². The molecule has 180 valence electrons. The van der Waals surface area contributed by atoms with Gasteiger partial charge in [0.25, 0.3) is 5.91 Å². The molecule has 1 amide bonds. The lowest BCUT2D eigenvalue weighted by atomic mass is 10.00. The first-order valence-electron chi connectivity index (χ1n) is 11.8. The number of anilines is 1. The summed E-state index contributed by atoms with van der Waals surface area (Å²) in [7, 11) is -2.83. The fraction of sp³-hybridized carbons (Fsp3) is 0.250. The highest BCUT2D eigenvalue weighted by molar-refractivity contribution is 7.59. The van der Waals surface area contributed by atoms with E-state index in [9.17, 15) is 9.69 Å². The molecule has 1 saturated heterocycles. The zero-order chi connectivity index (χ0) is 24.3. The van der Waals surface area contributed by atoms with E-state index in [2.05, 4.69) is 42.6 Å². The molecule has 6 nitrogen and oxygen atoms in total. The molecule has 2 heterocycles. The molecule has 2 aliphatic rings. The molecule has 2 N–H and O–H groups in total. The first-order valence-corrected chi connectivity index (χ1v) is 13.6. The summed E-state index contributed by atoms with van der Waals surface area (Å²) in [5.41, 5.74) is 6.57. The van der Waals surface area contributed by atoms with Crippen molar-refractivity contribution in [1.29, 1.82) is 0 Å². The van der Waals surface area contributed by atoms with Crippen LogP contribution < -0.4 is 10.1 Å². The first-order chi connectivity index (χ1) is 17.0. The van der Waals surface area contributed by atoms with Gasteiger partial charge in [0.05, 0.1) is 19.8 Å². The van der Waals surface area contributed by atoms with E-state index in [1.807, 2.05) is 42.5 Å². The number of hydrogen-bond donors (Lipinski definition) is 2. The lowest BCUT2D eigenvalue weighted by molar-refractivity contribution is -0.113. The summed E-state index contributed by atoms with van der Waals surface area (Å²) in [5, 5.41) is 2.98. The second-order valence-corrected chi connectivity index (χ2v) is 11.0. The Hall–Kier alpha value is -3.02. The molecule has 0 saturated carbocycles. The van der Waals surface area contributed by atoms with E-state index in [1.165, 1.54) is 5.56 Å². The molecule has 2 aliphatic heterocycles. The number of ether oxygens (including phenoxy) is 1. The summed E-state index contributed by atoms with van der Waals surface area (Å²) in [5.74, 6) is 0.626. The Kier molecular flexibility index (Phi) is 6.98. The number of hydrogen-bond acceptors (Lipinski definition) is 5. The predicted octanol–water partition coefficient (Wildman–Crippen LogP) is 6.16. The zero-order valence-electron chi connectivity index (χ0n) is 19.7. The van der Waals surface area contributed by atoms with Crippen molar-refractivity contribution in [1.82, 2.24) is 0 Å². The summed E-state index contributed by atoms with van der Waals surface area (Å²) < 4.78 is 16.9. The summed E-state index contributed by atoms with van der Waals surface area (Å²) >= 11 is 0. The second kappa shape index (κ2) is 10.3. The zero-order valence-corrected chi connectivity index (χ0v) is 20.6. The number of fused-ring (bicyclic) bond motifs is 1. The molecule has 0 atom stereocenters. The van der Waals surface area contributed by atoms with Crippen molar-refractivity contribution in [3.8, 4) is 16.9 Å². The SMILES string of the molecule is Cc1ccc(-c2ccc3c(c2)C=C(C(=O)Nc2ccc(C[P+]4(O)OCCCO4)cc2)CCO3)cc1. The van der Waals surface area contributed by atoms with Gasteiger partial charge in [-0.2, -0.15) is 13.9 Å². The lowest BCUT2D eigenvalue weighted by Crippen LogP contribution is -2.16. The van der Waals surface area contributed by atoms with Crippen LogP contribution in [0, 0.1) is 6.92 Å². The summed E-state index contributed by atoms with van der Waals surface area (Å²) in [4.78, 5) is 23.6.